The summed E-state index contributed by atoms with van der Waals surface area (Å²) in [5, 5.41) is 6.30. The zero-order valence-electron chi connectivity index (χ0n) is 11.3. The van der Waals surface area contributed by atoms with Crippen LogP contribution in [0.5, 0.6) is 0 Å². The van der Waals surface area contributed by atoms with Gasteiger partial charge in [0.15, 0.2) is 0 Å². The lowest BCUT2D eigenvalue weighted by atomic mass is 10.1. The maximum Gasteiger partial charge on any atom is 0.258 e. The minimum absolute atomic E-state index is 0.0228. The number of hydrogen-bond acceptors (Lipinski definition) is 4. The Kier molecular flexibility index (Phi) is 3.62. The quantitative estimate of drug-likeness (QED) is 0.854. The number of nitrogens with one attached hydrogen (secondary N) is 2. The van der Waals surface area contributed by atoms with Gasteiger partial charge in [-0.05, 0) is 42.2 Å². The molecule has 0 unspecified atom stereocenters. The van der Waals surface area contributed by atoms with Gasteiger partial charge in [0.1, 0.15) is 5.03 Å². The van der Waals surface area contributed by atoms with Gasteiger partial charge in [0.2, 0.25) is 5.91 Å². The molecule has 0 saturated heterocycles. The van der Waals surface area contributed by atoms with E-state index in [1.54, 1.807) is 30.5 Å². The number of carbonyl (C=O) groups is 2. The molecule has 0 atom stereocenters. The van der Waals surface area contributed by atoms with Crippen LogP contribution in [0.25, 0.3) is 0 Å². The molecule has 2 N–H and O–H groups in total. The van der Waals surface area contributed by atoms with E-state index in [-0.39, 0.29) is 11.8 Å². The van der Waals surface area contributed by atoms with Crippen molar-refractivity contribution in [2.75, 3.05) is 16.9 Å². The predicted octanol–water partition coefficient (Wildman–Crippen LogP) is 2.55. The number of benzene rings is 1. The Hall–Kier alpha value is -2.34. The summed E-state index contributed by atoms with van der Waals surface area (Å²) in [6, 6.07) is 8.87. The molecule has 2 amide bonds. The molecular formula is C15H13N3O2S. The average Bonchev–Trinajstić information content (AvgIpc) is 2.86. The Morgan fingerprint density at radius 3 is 3.05 bits per heavy atom. The number of carbonyl (C=O) groups excluding carboxylic acids is 2. The number of pyridine rings is 1. The number of amides is 2. The SMILES string of the molecule is CSc1ncccc1C(=O)Nc1ccc2c(c1)CC(=O)N2. The second-order valence-corrected chi connectivity index (χ2v) is 5.41. The molecule has 0 saturated carbocycles. The van der Waals surface area contributed by atoms with Gasteiger partial charge in [-0.1, -0.05) is 0 Å². The first-order valence-electron chi connectivity index (χ1n) is 6.40. The summed E-state index contributed by atoms with van der Waals surface area (Å²) >= 11 is 1.43. The molecule has 1 aliphatic heterocycles. The second-order valence-electron chi connectivity index (χ2n) is 4.61. The highest BCUT2D eigenvalue weighted by molar-refractivity contribution is 7.98. The Morgan fingerprint density at radius 1 is 1.38 bits per heavy atom. The van der Waals surface area contributed by atoms with Crippen molar-refractivity contribution in [1.29, 1.82) is 0 Å². The molecule has 0 aliphatic carbocycles. The fourth-order valence-electron chi connectivity index (χ4n) is 2.23. The highest BCUT2D eigenvalue weighted by Gasteiger charge is 2.18. The largest absolute Gasteiger partial charge is 0.326 e. The van der Waals surface area contributed by atoms with Gasteiger partial charge in [-0.15, -0.1) is 11.8 Å². The van der Waals surface area contributed by atoms with Crippen LogP contribution in [0.3, 0.4) is 0 Å². The van der Waals surface area contributed by atoms with Crippen LogP contribution in [-0.2, 0) is 11.2 Å². The maximum atomic E-state index is 12.3. The topological polar surface area (TPSA) is 71.1 Å². The van der Waals surface area contributed by atoms with E-state index in [1.165, 1.54) is 11.8 Å². The van der Waals surface area contributed by atoms with Crippen LogP contribution in [0.15, 0.2) is 41.6 Å². The van der Waals surface area contributed by atoms with Gasteiger partial charge in [0, 0.05) is 17.6 Å². The van der Waals surface area contributed by atoms with Crippen molar-refractivity contribution in [2.24, 2.45) is 0 Å². The van der Waals surface area contributed by atoms with Gasteiger partial charge in [-0.2, -0.15) is 0 Å². The van der Waals surface area contributed by atoms with E-state index in [0.717, 1.165) is 11.3 Å². The summed E-state index contributed by atoms with van der Waals surface area (Å²) < 4.78 is 0. The van der Waals surface area contributed by atoms with Crippen molar-refractivity contribution in [2.45, 2.75) is 11.4 Å². The first-order valence-corrected chi connectivity index (χ1v) is 7.63. The van der Waals surface area contributed by atoms with E-state index >= 15 is 0 Å². The van der Waals surface area contributed by atoms with Crippen molar-refractivity contribution in [3.8, 4) is 0 Å². The smallest absolute Gasteiger partial charge is 0.258 e. The predicted molar refractivity (Wildman–Crippen MR) is 82.7 cm³/mol. The number of anilines is 2. The van der Waals surface area contributed by atoms with E-state index in [9.17, 15) is 9.59 Å². The third kappa shape index (κ3) is 2.75. The number of hydrogen-bond donors (Lipinski definition) is 2. The maximum absolute atomic E-state index is 12.3. The van der Waals surface area contributed by atoms with Crippen LogP contribution in [0, 0.1) is 0 Å². The summed E-state index contributed by atoms with van der Waals surface area (Å²) in [4.78, 5) is 27.8. The molecule has 2 heterocycles. The van der Waals surface area contributed by atoms with E-state index in [2.05, 4.69) is 15.6 Å². The van der Waals surface area contributed by atoms with E-state index in [0.29, 0.717) is 22.7 Å². The molecule has 1 aromatic heterocycles. The number of rotatable bonds is 3. The Morgan fingerprint density at radius 2 is 2.24 bits per heavy atom. The van der Waals surface area contributed by atoms with Crippen LogP contribution in [0.2, 0.25) is 0 Å². The third-order valence-electron chi connectivity index (χ3n) is 3.20. The molecule has 0 spiro atoms. The molecule has 21 heavy (non-hydrogen) atoms. The van der Waals surface area contributed by atoms with Gasteiger partial charge >= 0.3 is 0 Å². The first-order chi connectivity index (χ1) is 10.2. The van der Waals surface area contributed by atoms with Crippen LogP contribution in [0.1, 0.15) is 15.9 Å². The van der Waals surface area contributed by atoms with Gasteiger partial charge in [-0.25, -0.2) is 4.98 Å². The molecule has 3 rings (SSSR count). The molecular weight excluding hydrogens is 286 g/mol. The first kappa shape index (κ1) is 13.6. The summed E-state index contributed by atoms with van der Waals surface area (Å²) in [6.07, 6.45) is 3.89. The van der Waals surface area contributed by atoms with Crippen LogP contribution >= 0.6 is 11.8 Å². The number of thioether (sulfide) groups is 1. The Labute approximate surface area is 126 Å². The summed E-state index contributed by atoms with van der Waals surface area (Å²) in [5.74, 6) is -0.227. The van der Waals surface area contributed by atoms with Gasteiger partial charge in [0.05, 0.1) is 12.0 Å². The fourth-order valence-corrected chi connectivity index (χ4v) is 2.78. The Balaban J connectivity index is 1.82. The van der Waals surface area contributed by atoms with Gasteiger partial charge < -0.3 is 10.6 Å². The van der Waals surface area contributed by atoms with Crippen molar-refractivity contribution < 1.29 is 9.59 Å². The van der Waals surface area contributed by atoms with Crippen molar-refractivity contribution in [1.82, 2.24) is 4.98 Å². The molecule has 5 nitrogen and oxygen atoms in total. The van der Waals surface area contributed by atoms with Gasteiger partial charge in [0.25, 0.3) is 5.91 Å². The highest BCUT2D eigenvalue weighted by atomic mass is 32.2. The van der Waals surface area contributed by atoms with Crippen molar-refractivity contribution >= 4 is 35.0 Å². The minimum Gasteiger partial charge on any atom is -0.326 e. The second kappa shape index (κ2) is 5.57. The zero-order chi connectivity index (χ0) is 14.8. The van der Waals surface area contributed by atoms with Crippen molar-refractivity contribution in [3.63, 3.8) is 0 Å². The number of nitrogens with zero attached hydrogens (tertiary/aromatic N) is 1. The molecule has 1 aromatic carbocycles. The van der Waals surface area contributed by atoms with Crippen molar-refractivity contribution in [3.05, 3.63) is 47.7 Å². The van der Waals surface area contributed by atoms with Gasteiger partial charge in [-0.3, -0.25) is 9.59 Å². The average molecular weight is 299 g/mol. The Bertz CT molecular complexity index is 731. The number of aromatic nitrogens is 1. The molecule has 0 radical (unpaired) electrons. The summed E-state index contributed by atoms with van der Waals surface area (Å²) in [7, 11) is 0. The molecule has 2 aromatic rings. The molecule has 1 aliphatic rings. The minimum atomic E-state index is -0.204. The van der Waals surface area contributed by atoms with E-state index in [4.69, 9.17) is 0 Å². The van der Waals surface area contributed by atoms with Crippen LogP contribution in [0.4, 0.5) is 11.4 Å². The zero-order valence-corrected chi connectivity index (χ0v) is 12.2. The molecule has 0 fully saturated rings. The monoisotopic (exact) mass is 299 g/mol. The molecule has 106 valence electrons. The lowest BCUT2D eigenvalue weighted by Gasteiger charge is -2.09. The summed E-state index contributed by atoms with van der Waals surface area (Å²) in [6.45, 7) is 0. The standard InChI is InChI=1S/C15H13N3O2S/c1-21-15-11(3-2-6-16-15)14(20)17-10-4-5-12-9(7-10)8-13(19)18-12/h2-7H,8H2,1H3,(H,17,20)(H,18,19). The lowest BCUT2D eigenvalue weighted by molar-refractivity contribution is -0.115. The molecule has 0 bridgehead atoms. The summed E-state index contributed by atoms with van der Waals surface area (Å²) in [5.41, 5.74) is 2.92. The van der Waals surface area contributed by atoms with Crippen LogP contribution < -0.4 is 10.6 Å². The fraction of sp³-hybridized carbons (Fsp3) is 0.133. The lowest BCUT2D eigenvalue weighted by Crippen LogP contribution is -2.13. The normalized spacial score (nSPS) is 12.7. The van der Waals surface area contributed by atoms with Crippen LogP contribution in [-0.4, -0.2) is 23.1 Å². The van der Waals surface area contributed by atoms with E-state index in [1.807, 2.05) is 12.3 Å². The number of fused-ring (bicyclic) bond motifs is 1. The van der Waals surface area contributed by atoms with E-state index < -0.39 is 0 Å². The third-order valence-corrected chi connectivity index (χ3v) is 3.91. The molecule has 6 heteroatoms. The highest BCUT2D eigenvalue weighted by Crippen LogP contribution is 2.26.